The maximum Gasteiger partial charge on any atom is 0.375 e. The summed E-state index contributed by atoms with van der Waals surface area (Å²) in [6.07, 6.45) is 0. The molecule has 1 aromatic carbocycles. The van der Waals surface area contributed by atoms with Gasteiger partial charge in [-0.25, -0.2) is 14.5 Å². The highest BCUT2D eigenvalue weighted by Crippen LogP contribution is 2.23. The number of amides is 4. The fraction of sp³-hybridized carbons (Fsp3) is 0.182. The first-order valence-corrected chi connectivity index (χ1v) is 5.10. The molecule has 2 rings (SSSR count). The van der Waals surface area contributed by atoms with Gasteiger partial charge in [-0.3, -0.25) is 4.79 Å². The first-order chi connectivity index (χ1) is 8.58. The van der Waals surface area contributed by atoms with Crippen molar-refractivity contribution >= 4 is 23.5 Å². The topological polar surface area (TPSA) is 88.4 Å². The van der Waals surface area contributed by atoms with Crippen molar-refractivity contribution < 1.29 is 19.1 Å². The number of benzene rings is 1. The van der Waals surface area contributed by atoms with Crippen molar-refractivity contribution in [2.45, 2.75) is 6.92 Å². The van der Waals surface area contributed by atoms with E-state index >= 15 is 0 Å². The van der Waals surface area contributed by atoms with Gasteiger partial charge >= 0.3 is 12.1 Å². The molecule has 1 aliphatic rings. The van der Waals surface area contributed by atoms with Gasteiger partial charge in [-0.15, -0.1) is 0 Å². The van der Waals surface area contributed by atoms with Crippen LogP contribution in [-0.2, 0) is 4.79 Å². The second kappa shape index (κ2) is 4.74. The van der Waals surface area contributed by atoms with Crippen molar-refractivity contribution in [2.24, 2.45) is 10.2 Å². The van der Waals surface area contributed by atoms with Crippen LogP contribution in [0.5, 0.6) is 5.75 Å². The Hall–Kier alpha value is -2.57. The number of anilines is 1. The summed E-state index contributed by atoms with van der Waals surface area (Å²) in [4.78, 5) is 34.1. The summed E-state index contributed by atoms with van der Waals surface area (Å²) in [5.74, 6) is 0.378. The van der Waals surface area contributed by atoms with Gasteiger partial charge in [0.05, 0.1) is 5.69 Å². The third-order valence-corrected chi connectivity index (χ3v) is 2.14. The molecular formula is C11H9N3O4. The van der Waals surface area contributed by atoms with Gasteiger partial charge in [0.2, 0.25) is 0 Å². The zero-order valence-corrected chi connectivity index (χ0v) is 9.49. The zero-order chi connectivity index (χ0) is 13.1. The summed E-state index contributed by atoms with van der Waals surface area (Å²) in [6, 6.07) is 4.69. The SMILES string of the molecule is CC(=O)COc1ccc(N2C(=O)N=NC2=O)cc1. The molecule has 1 aromatic rings. The van der Waals surface area contributed by atoms with E-state index in [4.69, 9.17) is 4.74 Å². The van der Waals surface area contributed by atoms with Gasteiger partial charge < -0.3 is 4.74 Å². The van der Waals surface area contributed by atoms with E-state index in [1.165, 1.54) is 19.1 Å². The number of urea groups is 2. The smallest absolute Gasteiger partial charge is 0.375 e. The minimum atomic E-state index is -0.725. The molecule has 0 radical (unpaired) electrons. The molecule has 0 saturated heterocycles. The standard InChI is InChI=1S/C11H9N3O4/c1-7(15)6-18-9-4-2-8(3-5-9)14-10(16)12-13-11(14)17/h2-5H,6H2,1H3. The second-order valence-electron chi connectivity index (χ2n) is 3.59. The Balaban J connectivity index is 2.10. The van der Waals surface area contributed by atoms with Crippen LogP contribution in [0.4, 0.5) is 15.3 Å². The predicted octanol–water partition coefficient (Wildman–Crippen LogP) is 2.17. The minimum absolute atomic E-state index is 0.0222. The molecule has 4 amide bonds. The number of carbonyl (C=O) groups excluding carboxylic acids is 3. The number of azo groups is 1. The Labute approximate surface area is 102 Å². The molecule has 92 valence electrons. The normalized spacial score (nSPS) is 14.2. The van der Waals surface area contributed by atoms with E-state index in [2.05, 4.69) is 10.2 Å². The number of ether oxygens (including phenoxy) is 1. The summed E-state index contributed by atoms with van der Waals surface area (Å²) in [7, 11) is 0. The molecule has 0 bridgehead atoms. The summed E-state index contributed by atoms with van der Waals surface area (Å²) >= 11 is 0. The summed E-state index contributed by atoms with van der Waals surface area (Å²) in [5, 5.41) is 6.29. The van der Waals surface area contributed by atoms with Crippen molar-refractivity contribution in [3.63, 3.8) is 0 Å². The molecule has 0 aliphatic carbocycles. The number of Topliss-reactive ketones (excluding diaryl/α,β-unsaturated/α-hetero) is 1. The maximum absolute atomic E-state index is 11.3. The molecule has 1 aliphatic heterocycles. The molecule has 7 nitrogen and oxygen atoms in total. The van der Waals surface area contributed by atoms with Gasteiger partial charge in [0.15, 0.2) is 5.78 Å². The Morgan fingerprint density at radius 1 is 1.17 bits per heavy atom. The van der Waals surface area contributed by atoms with E-state index in [1.54, 1.807) is 12.1 Å². The predicted molar refractivity (Wildman–Crippen MR) is 60.7 cm³/mol. The second-order valence-corrected chi connectivity index (χ2v) is 3.59. The van der Waals surface area contributed by atoms with Gasteiger partial charge in [-0.1, -0.05) is 10.2 Å². The van der Waals surface area contributed by atoms with Crippen molar-refractivity contribution in [1.29, 1.82) is 0 Å². The molecule has 0 unspecified atom stereocenters. The lowest BCUT2D eigenvalue weighted by Crippen LogP contribution is -2.27. The molecule has 1 heterocycles. The lowest BCUT2D eigenvalue weighted by atomic mass is 10.3. The Kier molecular flexibility index (Phi) is 3.13. The van der Waals surface area contributed by atoms with Gasteiger partial charge in [0.1, 0.15) is 12.4 Å². The van der Waals surface area contributed by atoms with Crippen LogP contribution in [0.15, 0.2) is 34.5 Å². The van der Waals surface area contributed by atoms with Crippen LogP contribution in [0.2, 0.25) is 0 Å². The van der Waals surface area contributed by atoms with E-state index in [1.807, 2.05) is 0 Å². The van der Waals surface area contributed by atoms with E-state index in [0.717, 1.165) is 4.90 Å². The Morgan fingerprint density at radius 2 is 1.72 bits per heavy atom. The van der Waals surface area contributed by atoms with E-state index < -0.39 is 12.1 Å². The van der Waals surface area contributed by atoms with E-state index in [9.17, 15) is 14.4 Å². The quantitative estimate of drug-likeness (QED) is 0.815. The van der Waals surface area contributed by atoms with E-state index in [0.29, 0.717) is 11.4 Å². The average molecular weight is 247 g/mol. The number of ketones is 1. The molecular weight excluding hydrogens is 238 g/mol. The number of hydrogen-bond donors (Lipinski definition) is 0. The van der Waals surface area contributed by atoms with Gasteiger partial charge in [0, 0.05) is 0 Å². The summed E-state index contributed by atoms with van der Waals surface area (Å²) in [6.45, 7) is 1.39. The highest BCUT2D eigenvalue weighted by Gasteiger charge is 2.28. The number of nitrogens with zero attached hydrogens (tertiary/aromatic N) is 3. The molecule has 7 heteroatoms. The van der Waals surface area contributed by atoms with Crippen LogP contribution >= 0.6 is 0 Å². The highest BCUT2D eigenvalue weighted by atomic mass is 16.5. The van der Waals surface area contributed by atoms with Crippen LogP contribution in [0, 0.1) is 0 Å². The fourth-order valence-electron chi connectivity index (χ4n) is 1.35. The van der Waals surface area contributed by atoms with Crippen molar-refractivity contribution in [2.75, 3.05) is 11.5 Å². The van der Waals surface area contributed by atoms with E-state index in [-0.39, 0.29) is 12.4 Å². The van der Waals surface area contributed by atoms with Crippen LogP contribution in [0.25, 0.3) is 0 Å². The first-order valence-electron chi connectivity index (χ1n) is 5.10. The van der Waals surface area contributed by atoms with Gasteiger partial charge in [-0.2, -0.15) is 0 Å². The van der Waals surface area contributed by atoms with Crippen LogP contribution in [0.1, 0.15) is 6.92 Å². The molecule has 0 fully saturated rings. The van der Waals surface area contributed by atoms with Crippen molar-refractivity contribution in [3.8, 4) is 5.75 Å². The lowest BCUT2D eigenvalue weighted by Gasteiger charge is -2.11. The Bertz CT molecular complexity index is 518. The third kappa shape index (κ3) is 2.40. The maximum atomic E-state index is 11.3. The van der Waals surface area contributed by atoms with Crippen molar-refractivity contribution in [1.82, 2.24) is 0 Å². The number of rotatable bonds is 4. The van der Waals surface area contributed by atoms with Crippen molar-refractivity contribution in [3.05, 3.63) is 24.3 Å². The molecule has 0 N–H and O–H groups in total. The summed E-state index contributed by atoms with van der Waals surface area (Å²) < 4.78 is 5.15. The number of hydrogen-bond acceptors (Lipinski definition) is 4. The van der Waals surface area contributed by atoms with Gasteiger partial charge in [0.25, 0.3) is 0 Å². The van der Waals surface area contributed by atoms with Crippen LogP contribution in [-0.4, -0.2) is 24.5 Å². The molecule has 0 aromatic heterocycles. The number of imide groups is 1. The zero-order valence-electron chi connectivity index (χ0n) is 9.49. The van der Waals surface area contributed by atoms with Crippen LogP contribution in [0.3, 0.4) is 0 Å². The molecule has 0 atom stereocenters. The lowest BCUT2D eigenvalue weighted by molar-refractivity contribution is -0.118. The molecule has 18 heavy (non-hydrogen) atoms. The monoisotopic (exact) mass is 247 g/mol. The average Bonchev–Trinajstić information content (AvgIpc) is 2.67. The third-order valence-electron chi connectivity index (χ3n) is 2.14. The highest BCUT2D eigenvalue weighted by molar-refractivity contribution is 6.17. The largest absolute Gasteiger partial charge is 0.486 e. The Morgan fingerprint density at radius 3 is 2.22 bits per heavy atom. The minimum Gasteiger partial charge on any atom is -0.486 e. The van der Waals surface area contributed by atoms with Crippen LogP contribution < -0.4 is 9.64 Å². The fourth-order valence-corrected chi connectivity index (χ4v) is 1.35. The number of carbonyl (C=O) groups is 3. The molecule has 0 saturated carbocycles. The van der Waals surface area contributed by atoms with Gasteiger partial charge in [-0.05, 0) is 31.2 Å². The summed E-state index contributed by atoms with van der Waals surface area (Å²) in [5.41, 5.74) is 0.352. The first kappa shape index (κ1) is 11.9. The molecule has 0 spiro atoms.